The van der Waals surface area contributed by atoms with E-state index in [4.69, 9.17) is 0 Å². The fourth-order valence-electron chi connectivity index (χ4n) is 6.26. The van der Waals surface area contributed by atoms with E-state index in [2.05, 4.69) is 128 Å². The summed E-state index contributed by atoms with van der Waals surface area (Å²) in [5, 5.41) is 8.76. The molecule has 0 fully saturated rings. The second kappa shape index (κ2) is 8.34. The molecule has 4 aromatic rings. The number of allylic oxidation sites excluding steroid dienone is 4. The Balaban J connectivity index is 1.73. The lowest BCUT2D eigenvalue weighted by Crippen LogP contribution is -2.03. The predicted molar refractivity (Wildman–Crippen MR) is 170 cm³/mol. The largest absolute Gasteiger partial charge is 0.123 e. The molecule has 0 N–H and O–H groups in total. The number of hydrogen-bond donors (Lipinski definition) is 0. The zero-order chi connectivity index (χ0) is 26.3. The Morgan fingerprint density at radius 3 is 1.49 bits per heavy atom. The Kier molecular flexibility index (Phi) is 5.53. The SMILES string of the molecule is CC(C)c1c2c(c(C(C)C)c3cc4c(cc13)[pH]c1cc3c(cc14)C=CC(C)(C)C=C3)C=CC(C)(C)C=C2. The molecule has 1 unspecified atom stereocenters. The lowest BCUT2D eigenvalue weighted by atomic mass is 9.81. The molecule has 1 heteroatoms. The average Bonchev–Trinajstić information content (AvgIpc) is 2.97. The minimum Gasteiger partial charge on any atom is -0.123 e. The van der Waals surface area contributed by atoms with Crippen LogP contribution in [0, 0.1) is 10.8 Å². The first-order valence-corrected chi connectivity index (χ1v) is 14.8. The minimum absolute atomic E-state index is 0.0596. The third-order valence-electron chi connectivity index (χ3n) is 8.29. The third-order valence-corrected chi connectivity index (χ3v) is 9.66. The maximum atomic E-state index is 2.55. The number of hydrogen-bond acceptors (Lipinski definition) is 0. The van der Waals surface area contributed by atoms with Crippen molar-refractivity contribution in [2.45, 2.75) is 67.2 Å². The van der Waals surface area contributed by atoms with Crippen molar-refractivity contribution in [3.63, 3.8) is 0 Å². The molecule has 2 aliphatic carbocycles. The summed E-state index contributed by atoms with van der Waals surface area (Å²) < 4.78 is 0. The van der Waals surface area contributed by atoms with Gasteiger partial charge in [0.05, 0.1) is 0 Å². The average molecular weight is 503 g/mol. The van der Waals surface area contributed by atoms with E-state index in [-0.39, 0.29) is 10.8 Å². The molecule has 0 radical (unpaired) electrons. The van der Waals surface area contributed by atoms with Crippen molar-refractivity contribution in [1.29, 1.82) is 0 Å². The van der Waals surface area contributed by atoms with Crippen LogP contribution in [0.4, 0.5) is 0 Å². The molecule has 0 amide bonds. The molecular weight excluding hydrogens is 463 g/mol. The van der Waals surface area contributed by atoms with Gasteiger partial charge in [-0.25, -0.2) is 0 Å². The van der Waals surface area contributed by atoms with Crippen LogP contribution in [0.1, 0.15) is 101 Å². The normalized spacial score (nSPS) is 17.9. The van der Waals surface area contributed by atoms with Gasteiger partial charge in [0.25, 0.3) is 0 Å². The molecule has 3 aromatic carbocycles. The van der Waals surface area contributed by atoms with Crippen molar-refractivity contribution in [3.05, 3.63) is 82.0 Å². The van der Waals surface area contributed by atoms with E-state index in [1.165, 1.54) is 65.2 Å². The van der Waals surface area contributed by atoms with Gasteiger partial charge < -0.3 is 0 Å². The Morgan fingerprint density at radius 2 is 0.946 bits per heavy atom. The molecule has 0 bridgehead atoms. The second-order valence-electron chi connectivity index (χ2n) is 13.0. The van der Waals surface area contributed by atoms with Gasteiger partial charge >= 0.3 is 0 Å². The minimum atomic E-state index is 0.0596. The summed E-state index contributed by atoms with van der Waals surface area (Å²) in [7, 11) is 0.709. The highest BCUT2D eigenvalue weighted by molar-refractivity contribution is 7.44. The van der Waals surface area contributed by atoms with Gasteiger partial charge in [0.2, 0.25) is 0 Å². The maximum absolute atomic E-state index is 2.55. The summed E-state index contributed by atoms with van der Waals surface area (Å²) in [5.74, 6) is 0.900. The molecule has 0 aliphatic heterocycles. The van der Waals surface area contributed by atoms with Crippen molar-refractivity contribution >= 4 is 64.3 Å². The highest BCUT2D eigenvalue weighted by Gasteiger charge is 2.24. The van der Waals surface area contributed by atoms with Gasteiger partial charge in [0, 0.05) is 21.1 Å². The predicted octanol–water partition coefficient (Wildman–Crippen LogP) is 11.6. The first kappa shape index (κ1) is 24.5. The summed E-state index contributed by atoms with van der Waals surface area (Å²) in [5.41, 5.74) is 8.68. The first-order chi connectivity index (χ1) is 17.4. The lowest BCUT2D eigenvalue weighted by Gasteiger charge is -2.23. The Morgan fingerprint density at radius 1 is 0.514 bits per heavy atom. The third kappa shape index (κ3) is 4.06. The topological polar surface area (TPSA) is 0 Å². The van der Waals surface area contributed by atoms with Gasteiger partial charge in [0.1, 0.15) is 0 Å². The number of benzene rings is 3. The van der Waals surface area contributed by atoms with E-state index >= 15 is 0 Å². The molecule has 1 aromatic heterocycles. The van der Waals surface area contributed by atoms with E-state index in [1.807, 2.05) is 0 Å². The van der Waals surface area contributed by atoms with Crippen LogP contribution in [-0.4, -0.2) is 0 Å². The van der Waals surface area contributed by atoms with Crippen LogP contribution in [0.15, 0.2) is 48.6 Å². The fraction of sp³-hybridized carbons (Fsp3) is 0.333. The highest BCUT2D eigenvalue weighted by atomic mass is 31.0. The number of fused-ring (bicyclic) bond motifs is 6. The highest BCUT2D eigenvalue weighted by Crippen LogP contribution is 2.47. The molecular formula is C36H39P. The van der Waals surface area contributed by atoms with Crippen LogP contribution in [0.25, 0.3) is 56.1 Å². The van der Waals surface area contributed by atoms with E-state index in [0.717, 1.165) is 0 Å². The van der Waals surface area contributed by atoms with Gasteiger partial charge in [-0.2, -0.15) is 0 Å². The van der Waals surface area contributed by atoms with Gasteiger partial charge in [-0.3, -0.25) is 0 Å². The molecule has 37 heavy (non-hydrogen) atoms. The van der Waals surface area contributed by atoms with Crippen LogP contribution in [-0.2, 0) is 0 Å². The van der Waals surface area contributed by atoms with Crippen LogP contribution in [0.3, 0.4) is 0 Å². The second-order valence-corrected chi connectivity index (χ2v) is 14.4. The molecule has 1 atom stereocenters. The monoisotopic (exact) mass is 502 g/mol. The van der Waals surface area contributed by atoms with E-state index in [1.54, 1.807) is 0 Å². The van der Waals surface area contributed by atoms with Crippen molar-refractivity contribution in [3.8, 4) is 0 Å². The Hall–Kier alpha value is -2.82. The quantitative estimate of drug-likeness (QED) is 0.256. The number of rotatable bonds is 2. The van der Waals surface area contributed by atoms with E-state index in [9.17, 15) is 0 Å². The molecule has 0 spiro atoms. The van der Waals surface area contributed by atoms with E-state index in [0.29, 0.717) is 20.0 Å². The smallest absolute Gasteiger partial charge is 0.00111 e. The molecule has 0 saturated heterocycles. The van der Waals surface area contributed by atoms with Crippen LogP contribution >= 0.6 is 8.19 Å². The lowest BCUT2D eigenvalue weighted by molar-refractivity contribution is 0.633. The molecule has 188 valence electrons. The summed E-state index contributed by atoms with van der Waals surface area (Å²) in [4.78, 5) is 0. The molecule has 1 heterocycles. The Bertz CT molecular complexity index is 1710. The van der Waals surface area contributed by atoms with E-state index < -0.39 is 0 Å². The van der Waals surface area contributed by atoms with Crippen LogP contribution in [0.5, 0.6) is 0 Å². The molecule has 2 aliphatic rings. The molecule has 0 saturated carbocycles. The zero-order valence-corrected chi connectivity index (χ0v) is 24.6. The fourth-order valence-corrected chi connectivity index (χ4v) is 7.68. The standard InChI is InChI=1S/C36H39P/c1-21(2)33-25-11-15-36(7,8)16-12-26(25)34(22(3)4)30-20-32-28(19-29(30)33)27-17-23-9-13-35(5,6)14-10-24(23)18-31(27)37-32/h9-22,37H,1-8H3. The van der Waals surface area contributed by atoms with Crippen molar-refractivity contribution in [2.24, 2.45) is 10.8 Å². The van der Waals surface area contributed by atoms with Crippen molar-refractivity contribution in [2.75, 3.05) is 0 Å². The first-order valence-electron chi connectivity index (χ1n) is 13.8. The van der Waals surface area contributed by atoms with Crippen molar-refractivity contribution < 1.29 is 0 Å². The maximum Gasteiger partial charge on any atom is 0.00111 e. The van der Waals surface area contributed by atoms with Gasteiger partial charge in [-0.1, -0.05) is 104 Å². The Labute approximate surface area is 223 Å². The van der Waals surface area contributed by atoms with Gasteiger partial charge in [0.15, 0.2) is 0 Å². The summed E-state index contributed by atoms with van der Waals surface area (Å²) >= 11 is 0. The summed E-state index contributed by atoms with van der Waals surface area (Å²) in [6.07, 6.45) is 18.9. The van der Waals surface area contributed by atoms with Crippen LogP contribution < -0.4 is 0 Å². The van der Waals surface area contributed by atoms with Gasteiger partial charge in [-0.15, -0.1) is 8.19 Å². The zero-order valence-electron chi connectivity index (χ0n) is 23.6. The van der Waals surface area contributed by atoms with Gasteiger partial charge in [-0.05, 0) is 91.0 Å². The summed E-state index contributed by atoms with van der Waals surface area (Å²) in [6.45, 7) is 18.6. The van der Waals surface area contributed by atoms with Crippen LogP contribution in [0.2, 0.25) is 0 Å². The van der Waals surface area contributed by atoms with Crippen molar-refractivity contribution in [1.82, 2.24) is 0 Å². The molecule has 0 nitrogen and oxygen atoms in total. The summed E-state index contributed by atoms with van der Waals surface area (Å²) in [6, 6.07) is 10.00. The molecule has 6 rings (SSSR count).